The smallest absolute Gasteiger partial charge is 0.167 e. The van der Waals surface area contributed by atoms with Crippen LogP contribution in [0.2, 0.25) is 0 Å². The second kappa shape index (κ2) is 5.31. The molecule has 0 spiro atoms. The molecule has 0 unspecified atom stereocenters. The maximum absolute atomic E-state index is 11.8. The molecule has 0 N–H and O–H groups in total. The molecular weight excluding hydrogens is 256 g/mol. The molecule has 0 saturated heterocycles. The fourth-order valence-electron chi connectivity index (χ4n) is 1.65. The number of Topliss-reactive ketones (excluding diaryl/α,β-unsaturated/α-hetero) is 1. The van der Waals surface area contributed by atoms with Gasteiger partial charge >= 0.3 is 0 Å². The van der Waals surface area contributed by atoms with Gasteiger partial charge in [0.15, 0.2) is 5.78 Å². The monoisotopic (exact) mass is 270 g/mol. The van der Waals surface area contributed by atoms with Crippen LogP contribution < -0.4 is 4.74 Å². The number of carbonyl (C=O) groups is 1. The van der Waals surface area contributed by atoms with Crippen molar-refractivity contribution < 1.29 is 9.53 Å². The summed E-state index contributed by atoms with van der Waals surface area (Å²) < 4.78 is 5.26. The zero-order valence-electron chi connectivity index (χ0n) is 9.26. The molecule has 82 valence electrons. The van der Waals surface area contributed by atoms with Crippen molar-refractivity contribution in [3.8, 4) is 5.75 Å². The molecule has 0 saturated carbocycles. The molecule has 3 heteroatoms. The van der Waals surface area contributed by atoms with E-state index in [4.69, 9.17) is 4.74 Å². The molecule has 15 heavy (non-hydrogen) atoms. The molecule has 0 amide bonds. The molecular formula is C12H15BrO2. The van der Waals surface area contributed by atoms with Gasteiger partial charge in [0.1, 0.15) is 5.75 Å². The van der Waals surface area contributed by atoms with Gasteiger partial charge in [-0.3, -0.25) is 4.79 Å². The van der Waals surface area contributed by atoms with Crippen molar-refractivity contribution >= 4 is 21.7 Å². The van der Waals surface area contributed by atoms with Gasteiger partial charge in [-0.1, -0.05) is 22.0 Å². The third-order valence-electron chi connectivity index (χ3n) is 2.25. The van der Waals surface area contributed by atoms with E-state index in [2.05, 4.69) is 15.9 Å². The highest BCUT2D eigenvalue weighted by molar-refractivity contribution is 9.09. The van der Waals surface area contributed by atoms with E-state index in [0.29, 0.717) is 23.1 Å². The Kier molecular flexibility index (Phi) is 4.33. The lowest BCUT2D eigenvalue weighted by Gasteiger charge is -2.11. The molecule has 0 radical (unpaired) electrons. The second-order valence-electron chi connectivity index (χ2n) is 3.52. The van der Waals surface area contributed by atoms with E-state index in [-0.39, 0.29) is 5.78 Å². The van der Waals surface area contributed by atoms with Gasteiger partial charge in [0.2, 0.25) is 0 Å². The average molecular weight is 271 g/mol. The van der Waals surface area contributed by atoms with E-state index in [0.717, 1.165) is 11.1 Å². The average Bonchev–Trinajstić information content (AvgIpc) is 2.17. The highest BCUT2D eigenvalue weighted by Gasteiger charge is 2.14. The fraction of sp³-hybridized carbons (Fsp3) is 0.417. The number of halogens is 1. The molecule has 0 heterocycles. The first-order chi connectivity index (χ1) is 7.10. The fourth-order valence-corrected chi connectivity index (χ4v) is 2.01. The summed E-state index contributed by atoms with van der Waals surface area (Å²) in [7, 11) is 1.60. The molecule has 0 bridgehead atoms. The van der Waals surface area contributed by atoms with Crippen molar-refractivity contribution in [1.29, 1.82) is 0 Å². The summed E-state index contributed by atoms with van der Waals surface area (Å²) in [6, 6.07) is 3.90. The third-order valence-corrected chi connectivity index (χ3v) is 2.64. The zero-order chi connectivity index (χ0) is 11.4. The summed E-state index contributed by atoms with van der Waals surface area (Å²) in [5, 5.41) is 0.683. The Morgan fingerprint density at radius 2 is 2.07 bits per heavy atom. The van der Waals surface area contributed by atoms with Crippen LogP contribution in [0, 0.1) is 13.8 Å². The van der Waals surface area contributed by atoms with Gasteiger partial charge in [-0.2, -0.15) is 0 Å². The van der Waals surface area contributed by atoms with Gasteiger partial charge in [-0.15, -0.1) is 0 Å². The maximum atomic E-state index is 11.8. The first-order valence-corrected chi connectivity index (χ1v) is 5.96. The normalized spacial score (nSPS) is 10.1. The van der Waals surface area contributed by atoms with Crippen LogP contribution in [0.25, 0.3) is 0 Å². The highest BCUT2D eigenvalue weighted by atomic mass is 79.9. The van der Waals surface area contributed by atoms with Crippen molar-refractivity contribution in [2.45, 2.75) is 20.3 Å². The predicted octanol–water partition coefficient (Wildman–Crippen LogP) is 3.28. The van der Waals surface area contributed by atoms with E-state index in [1.165, 1.54) is 0 Å². The van der Waals surface area contributed by atoms with Gasteiger partial charge < -0.3 is 4.74 Å². The number of methoxy groups -OCH3 is 1. The highest BCUT2D eigenvalue weighted by Crippen LogP contribution is 2.26. The van der Waals surface area contributed by atoms with Crippen molar-refractivity contribution in [3.05, 3.63) is 28.8 Å². The van der Waals surface area contributed by atoms with Crippen LogP contribution in [0.1, 0.15) is 27.9 Å². The molecule has 0 aromatic heterocycles. The SMILES string of the molecule is COc1c(C)cc(C)cc1C(=O)CCBr. The summed E-state index contributed by atoms with van der Waals surface area (Å²) in [6.07, 6.45) is 0.499. The lowest BCUT2D eigenvalue weighted by Crippen LogP contribution is -2.04. The number of carbonyl (C=O) groups excluding carboxylic acids is 1. The Balaban J connectivity index is 3.20. The topological polar surface area (TPSA) is 26.3 Å². The van der Waals surface area contributed by atoms with Gasteiger partial charge in [-0.05, 0) is 31.0 Å². The Morgan fingerprint density at radius 1 is 1.40 bits per heavy atom. The summed E-state index contributed by atoms with van der Waals surface area (Å²) in [5.41, 5.74) is 2.79. The van der Waals surface area contributed by atoms with Crippen molar-refractivity contribution in [2.75, 3.05) is 12.4 Å². The van der Waals surface area contributed by atoms with Crippen LogP contribution >= 0.6 is 15.9 Å². The molecule has 1 aromatic rings. The Hall–Kier alpha value is -0.830. The number of benzene rings is 1. The number of rotatable bonds is 4. The van der Waals surface area contributed by atoms with E-state index < -0.39 is 0 Å². The van der Waals surface area contributed by atoms with Crippen LogP contribution in [-0.2, 0) is 0 Å². The maximum Gasteiger partial charge on any atom is 0.167 e. The molecule has 0 aliphatic heterocycles. The number of aryl methyl sites for hydroxylation is 2. The zero-order valence-corrected chi connectivity index (χ0v) is 10.8. The number of ether oxygens (including phenoxy) is 1. The van der Waals surface area contributed by atoms with Crippen LogP contribution in [0.3, 0.4) is 0 Å². The largest absolute Gasteiger partial charge is 0.496 e. The number of hydrogen-bond donors (Lipinski definition) is 0. The third kappa shape index (κ3) is 2.81. The number of ketones is 1. The van der Waals surface area contributed by atoms with Gasteiger partial charge in [0, 0.05) is 11.8 Å². The Bertz CT molecular complexity index is 372. The first kappa shape index (κ1) is 12.2. The number of alkyl halides is 1. The first-order valence-electron chi connectivity index (χ1n) is 4.84. The van der Waals surface area contributed by atoms with Gasteiger partial charge in [0.05, 0.1) is 12.7 Å². The van der Waals surface area contributed by atoms with Crippen LogP contribution in [0.4, 0.5) is 0 Å². The summed E-state index contributed by atoms with van der Waals surface area (Å²) in [4.78, 5) is 11.8. The summed E-state index contributed by atoms with van der Waals surface area (Å²) >= 11 is 3.27. The Labute approximate surface area is 98.8 Å². The van der Waals surface area contributed by atoms with Crippen LogP contribution in [0.15, 0.2) is 12.1 Å². The van der Waals surface area contributed by atoms with E-state index in [1.54, 1.807) is 7.11 Å². The predicted molar refractivity (Wildman–Crippen MR) is 65.2 cm³/mol. The van der Waals surface area contributed by atoms with Crippen molar-refractivity contribution in [1.82, 2.24) is 0 Å². The van der Waals surface area contributed by atoms with Crippen molar-refractivity contribution in [2.24, 2.45) is 0 Å². The minimum Gasteiger partial charge on any atom is -0.496 e. The standard InChI is InChI=1S/C12H15BrO2/c1-8-6-9(2)12(15-3)10(7-8)11(14)4-5-13/h6-7H,4-5H2,1-3H3. The van der Waals surface area contributed by atoms with E-state index >= 15 is 0 Å². The van der Waals surface area contributed by atoms with E-state index in [1.807, 2.05) is 26.0 Å². The molecule has 0 fully saturated rings. The summed E-state index contributed by atoms with van der Waals surface area (Å²) in [5.74, 6) is 0.821. The van der Waals surface area contributed by atoms with Crippen molar-refractivity contribution in [3.63, 3.8) is 0 Å². The minimum atomic E-state index is 0.121. The van der Waals surface area contributed by atoms with E-state index in [9.17, 15) is 4.79 Å². The lowest BCUT2D eigenvalue weighted by molar-refractivity contribution is 0.0986. The van der Waals surface area contributed by atoms with Gasteiger partial charge in [0.25, 0.3) is 0 Å². The molecule has 1 aromatic carbocycles. The van der Waals surface area contributed by atoms with Crippen LogP contribution in [-0.4, -0.2) is 18.2 Å². The molecule has 0 aliphatic carbocycles. The molecule has 1 rings (SSSR count). The molecule has 0 aliphatic rings. The molecule has 0 atom stereocenters. The second-order valence-corrected chi connectivity index (χ2v) is 4.32. The quantitative estimate of drug-likeness (QED) is 0.620. The number of hydrogen-bond acceptors (Lipinski definition) is 2. The summed E-state index contributed by atoms with van der Waals surface area (Å²) in [6.45, 7) is 3.94. The van der Waals surface area contributed by atoms with Gasteiger partial charge in [-0.25, -0.2) is 0 Å². The lowest BCUT2D eigenvalue weighted by atomic mass is 10.0. The minimum absolute atomic E-state index is 0.121. The van der Waals surface area contributed by atoms with Crippen LogP contribution in [0.5, 0.6) is 5.75 Å². The molecule has 2 nitrogen and oxygen atoms in total. The Morgan fingerprint density at radius 3 is 2.60 bits per heavy atom.